The Bertz CT molecular complexity index is 493. The Morgan fingerprint density at radius 2 is 1.96 bits per heavy atom. The number of methoxy groups -OCH3 is 1. The fourth-order valence-corrected chi connectivity index (χ4v) is 2.67. The lowest BCUT2D eigenvalue weighted by Gasteiger charge is -2.24. The van der Waals surface area contributed by atoms with Gasteiger partial charge in [0.05, 0.1) is 13.7 Å². The predicted octanol–water partition coefficient (Wildman–Crippen LogP) is 0.738. The summed E-state index contributed by atoms with van der Waals surface area (Å²) in [6.07, 6.45) is 0.615. The Labute approximate surface area is 141 Å². The lowest BCUT2D eigenvalue weighted by atomic mass is 9.86. The molecule has 1 heterocycles. The molecule has 0 saturated carbocycles. The molecule has 0 aliphatic carbocycles. The van der Waals surface area contributed by atoms with Gasteiger partial charge < -0.3 is 19.7 Å². The van der Waals surface area contributed by atoms with E-state index in [0.29, 0.717) is 12.8 Å². The van der Waals surface area contributed by atoms with E-state index in [1.54, 1.807) is 14.0 Å². The summed E-state index contributed by atoms with van der Waals surface area (Å²) in [5, 5.41) is 2.63. The first-order chi connectivity index (χ1) is 11.3. The van der Waals surface area contributed by atoms with Crippen LogP contribution in [0.15, 0.2) is 0 Å². The number of carbonyl (C=O) groups is 4. The Hall–Kier alpha value is -2.12. The van der Waals surface area contributed by atoms with Crippen LogP contribution < -0.4 is 5.32 Å². The first-order valence-electron chi connectivity index (χ1n) is 8.04. The summed E-state index contributed by atoms with van der Waals surface area (Å²) in [7, 11) is 2.79. The van der Waals surface area contributed by atoms with E-state index in [4.69, 9.17) is 9.47 Å². The number of carbonyl (C=O) groups excluding carboxylic acids is 4. The molecule has 3 atom stereocenters. The van der Waals surface area contributed by atoms with Crippen molar-refractivity contribution in [3.63, 3.8) is 0 Å². The van der Waals surface area contributed by atoms with Crippen molar-refractivity contribution in [2.75, 3.05) is 27.3 Å². The van der Waals surface area contributed by atoms with Crippen molar-refractivity contribution in [1.29, 1.82) is 0 Å². The highest BCUT2D eigenvalue weighted by Crippen LogP contribution is 2.20. The van der Waals surface area contributed by atoms with Gasteiger partial charge in [0.15, 0.2) is 0 Å². The van der Waals surface area contributed by atoms with Crippen LogP contribution in [0.2, 0.25) is 0 Å². The Morgan fingerprint density at radius 3 is 2.54 bits per heavy atom. The summed E-state index contributed by atoms with van der Waals surface area (Å²) in [6, 6.07) is -0.881. The zero-order valence-corrected chi connectivity index (χ0v) is 14.7. The molecule has 3 unspecified atom stereocenters. The number of cyclic esters (lactones) is 1. The summed E-state index contributed by atoms with van der Waals surface area (Å²) in [6.45, 7) is 3.50. The van der Waals surface area contributed by atoms with Gasteiger partial charge in [-0.25, -0.2) is 9.59 Å². The number of nitrogens with one attached hydrogen (secondary N) is 1. The molecular weight excluding hydrogens is 316 g/mol. The topological polar surface area (TPSA) is 102 Å². The maximum absolute atomic E-state index is 12.4. The third-order valence-corrected chi connectivity index (χ3v) is 4.29. The smallest absolute Gasteiger partial charge is 0.409 e. The van der Waals surface area contributed by atoms with Gasteiger partial charge in [-0.2, -0.15) is 0 Å². The maximum Gasteiger partial charge on any atom is 0.409 e. The van der Waals surface area contributed by atoms with Crippen LogP contribution in [0.3, 0.4) is 0 Å². The minimum atomic E-state index is -0.881. The third kappa shape index (κ3) is 5.50. The van der Waals surface area contributed by atoms with Gasteiger partial charge in [-0.1, -0.05) is 6.92 Å². The van der Waals surface area contributed by atoms with Crippen molar-refractivity contribution < 1.29 is 28.7 Å². The molecule has 0 aromatic heterocycles. The van der Waals surface area contributed by atoms with Crippen LogP contribution >= 0.6 is 0 Å². The van der Waals surface area contributed by atoms with Gasteiger partial charge in [0.2, 0.25) is 5.91 Å². The fourth-order valence-electron chi connectivity index (χ4n) is 2.67. The number of hydrogen-bond acceptors (Lipinski definition) is 6. The lowest BCUT2D eigenvalue weighted by molar-refractivity contribution is -0.146. The van der Waals surface area contributed by atoms with Crippen LogP contribution in [-0.2, 0) is 23.9 Å². The molecular formula is C16H26N2O6. The van der Waals surface area contributed by atoms with E-state index in [-0.39, 0.29) is 31.3 Å². The molecule has 1 N–H and O–H groups in total. The van der Waals surface area contributed by atoms with Gasteiger partial charge in [0.25, 0.3) is 0 Å². The van der Waals surface area contributed by atoms with E-state index in [1.165, 1.54) is 18.9 Å². The second-order valence-corrected chi connectivity index (χ2v) is 6.06. The molecule has 1 aliphatic heterocycles. The van der Waals surface area contributed by atoms with Crippen LogP contribution in [-0.4, -0.2) is 62.0 Å². The van der Waals surface area contributed by atoms with E-state index in [1.807, 2.05) is 0 Å². The number of ether oxygens (including phenoxy) is 2. The van der Waals surface area contributed by atoms with Gasteiger partial charge in [-0.15, -0.1) is 0 Å². The molecule has 0 aromatic carbocycles. The van der Waals surface area contributed by atoms with Gasteiger partial charge in [-0.3, -0.25) is 9.59 Å². The molecule has 0 spiro atoms. The number of hydrogen-bond donors (Lipinski definition) is 1. The molecule has 1 fully saturated rings. The first kappa shape index (κ1) is 19.9. The van der Waals surface area contributed by atoms with Crippen molar-refractivity contribution in [1.82, 2.24) is 10.2 Å². The molecule has 0 bridgehead atoms. The number of esters is 1. The van der Waals surface area contributed by atoms with Crippen LogP contribution in [0.5, 0.6) is 0 Å². The molecule has 0 aromatic rings. The molecule has 1 rings (SSSR count). The quantitative estimate of drug-likeness (QED) is 0.743. The van der Waals surface area contributed by atoms with E-state index in [2.05, 4.69) is 5.32 Å². The summed E-state index contributed by atoms with van der Waals surface area (Å²) < 4.78 is 9.84. The fraction of sp³-hybridized carbons (Fsp3) is 0.750. The highest BCUT2D eigenvalue weighted by molar-refractivity contribution is 5.90. The highest BCUT2D eigenvalue weighted by Gasteiger charge is 2.31. The number of amides is 2. The van der Waals surface area contributed by atoms with Gasteiger partial charge >= 0.3 is 12.1 Å². The van der Waals surface area contributed by atoms with E-state index >= 15 is 0 Å². The SMILES string of the molecule is COC(=O)C1CCN(C)C(=O)OCCCC(C(C)=O)C(C)C(=O)N1. The number of Topliss-reactive ketones (excluding diaryl/α,β-unsaturated/α-hetero) is 1. The van der Waals surface area contributed by atoms with Crippen molar-refractivity contribution in [2.24, 2.45) is 11.8 Å². The lowest BCUT2D eigenvalue weighted by Crippen LogP contribution is -2.47. The minimum Gasteiger partial charge on any atom is -0.467 e. The largest absolute Gasteiger partial charge is 0.467 e. The van der Waals surface area contributed by atoms with E-state index in [9.17, 15) is 19.2 Å². The summed E-state index contributed by atoms with van der Waals surface area (Å²) in [4.78, 5) is 49.3. The average molecular weight is 342 g/mol. The van der Waals surface area contributed by atoms with Crippen molar-refractivity contribution in [3.05, 3.63) is 0 Å². The van der Waals surface area contributed by atoms with E-state index in [0.717, 1.165) is 0 Å². The standard InChI is InChI=1S/C16H26N2O6/c1-10-12(11(2)19)6-5-9-24-16(22)18(3)8-7-13(15(21)23-4)17-14(10)20/h10,12-13H,5-9H2,1-4H3,(H,17,20). The highest BCUT2D eigenvalue weighted by atomic mass is 16.6. The zero-order valence-electron chi connectivity index (χ0n) is 14.7. The van der Waals surface area contributed by atoms with Crippen LogP contribution in [0.1, 0.15) is 33.1 Å². The second-order valence-electron chi connectivity index (χ2n) is 6.06. The molecule has 1 aliphatic rings. The summed E-state index contributed by atoms with van der Waals surface area (Å²) in [5.74, 6) is -2.14. The van der Waals surface area contributed by atoms with E-state index < -0.39 is 29.9 Å². The molecule has 136 valence electrons. The number of rotatable bonds is 2. The Kier molecular flexibility index (Phi) is 7.67. The van der Waals surface area contributed by atoms with Crippen molar-refractivity contribution >= 4 is 23.8 Å². The molecule has 8 nitrogen and oxygen atoms in total. The Balaban J connectivity index is 2.98. The third-order valence-electron chi connectivity index (χ3n) is 4.29. The zero-order chi connectivity index (χ0) is 18.3. The first-order valence-corrected chi connectivity index (χ1v) is 8.04. The van der Waals surface area contributed by atoms with Crippen molar-refractivity contribution in [3.8, 4) is 0 Å². The second kappa shape index (κ2) is 9.24. The predicted molar refractivity (Wildman–Crippen MR) is 85.1 cm³/mol. The number of nitrogens with zero attached hydrogens (tertiary/aromatic N) is 1. The minimum absolute atomic E-state index is 0.106. The molecule has 2 amide bonds. The number of ketones is 1. The average Bonchev–Trinajstić information content (AvgIpc) is 2.55. The van der Waals surface area contributed by atoms with Gasteiger partial charge in [-0.05, 0) is 26.2 Å². The van der Waals surface area contributed by atoms with Crippen molar-refractivity contribution in [2.45, 2.75) is 39.2 Å². The van der Waals surface area contributed by atoms with Gasteiger partial charge in [0.1, 0.15) is 11.8 Å². The summed E-state index contributed by atoms with van der Waals surface area (Å²) in [5.41, 5.74) is 0. The van der Waals surface area contributed by atoms with Crippen LogP contribution in [0.25, 0.3) is 0 Å². The summed E-state index contributed by atoms with van der Waals surface area (Å²) >= 11 is 0. The van der Waals surface area contributed by atoms with Crippen LogP contribution in [0, 0.1) is 11.8 Å². The van der Waals surface area contributed by atoms with Gasteiger partial charge in [0, 0.05) is 25.4 Å². The van der Waals surface area contributed by atoms with Crippen LogP contribution in [0.4, 0.5) is 4.79 Å². The molecule has 0 radical (unpaired) electrons. The monoisotopic (exact) mass is 342 g/mol. The normalized spacial score (nSPS) is 27.0. The molecule has 8 heteroatoms. The molecule has 1 saturated heterocycles. The maximum atomic E-state index is 12.4. The molecule has 24 heavy (non-hydrogen) atoms. The Morgan fingerprint density at radius 1 is 1.29 bits per heavy atom.